The maximum absolute atomic E-state index is 13.5. The third-order valence-corrected chi connectivity index (χ3v) is 6.02. The van der Waals surface area contributed by atoms with Crippen LogP contribution in [0.5, 0.6) is 5.75 Å². The minimum atomic E-state index is -1.07. The highest BCUT2D eigenvalue weighted by molar-refractivity contribution is 6.71. The summed E-state index contributed by atoms with van der Waals surface area (Å²) >= 11 is 0. The fraction of sp³-hybridized carbons (Fsp3) is 0.222. The van der Waals surface area contributed by atoms with Gasteiger partial charge in [0.15, 0.2) is 0 Å². The molecular formula is C27H29BN4O4. The zero-order chi connectivity index (χ0) is 26.0. The predicted octanol–water partition coefficient (Wildman–Crippen LogP) is 3.13. The van der Waals surface area contributed by atoms with Gasteiger partial charge in [-0.1, -0.05) is 30.3 Å². The Morgan fingerprint density at radius 2 is 1.78 bits per heavy atom. The monoisotopic (exact) mass is 484 g/mol. The normalized spacial score (nSPS) is 12.7. The summed E-state index contributed by atoms with van der Waals surface area (Å²) in [4.78, 5) is 28.3. The summed E-state index contributed by atoms with van der Waals surface area (Å²) in [6.07, 6.45) is 1.65. The Morgan fingerprint density at radius 1 is 1.06 bits per heavy atom. The number of fused-ring (bicyclic) bond motifs is 1. The van der Waals surface area contributed by atoms with Gasteiger partial charge >= 0.3 is 7.05 Å². The van der Waals surface area contributed by atoms with Gasteiger partial charge in [-0.05, 0) is 75.1 Å². The van der Waals surface area contributed by atoms with Crippen molar-refractivity contribution in [1.82, 2.24) is 10.4 Å². The average molecular weight is 484 g/mol. The van der Waals surface area contributed by atoms with E-state index in [4.69, 9.17) is 4.74 Å². The minimum Gasteiger partial charge on any atom is -0.496 e. The number of methoxy groups -OCH3 is 1. The highest BCUT2D eigenvalue weighted by atomic mass is 16.5. The first-order chi connectivity index (χ1) is 17.1. The quantitative estimate of drug-likeness (QED) is 0.439. The first-order valence-electron chi connectivity index (χ1n) is 11.6. The van der Waals surface area contributed by atoms with Crippen molar-refractivity contribution in [1.29, 1.82) is 0 Å². The molecule has 0 unspecified atom stereocenters. The van der Waals surface area contributed by atoms with Gasteiger partial charge in [-0.15, -0.1) is 0 Å². The van der Waals surface area contributed by atoms with Crippen LogP contribution in [-0.2, 0) is 0 Å². The van der Waals surface area contributed by atoms with Crippen molar-refractivity contribution in [3.05, 3.63) is 89.0 Å². The third-order valence-electron chi connectivity index (χ3n) is 6.02. The van der Waals surface area contributed by atoms with Crippen LogP contribution in [0.15, 0.2) is 71.8 Å². The van der Waals surface area contributed by atoms with Crippen LogP contribution in [0.3, 0.4) is 0 Å². The van der Waals surface area contributed by atoms with Gasteiger partial charge in [0, 0.05) is 22.4 Å². The number of nitrogens with one attached hydrogen (secondary N) is 1. The Morgan fingerprint density at radius 3 is 2.44 bits per heavy atom. The molecule has 0 aliphatic carbocycles. The molecule has 184 valence electrons. The second kappa shape index (κ2) is 9.87. The SMILES string of the molecule is COc1cccc(C(=O)N(NC(=O)c2ccc3c(c2)B(O)N(c2ccccc2)N=C3)C(C)(C)C)c1C. The van der Waals surface area contributed by atoms with Gasteiger partial charge in [0.05, 0.1) is 18.9 Å². The van der Waals surface area contributed by atoms with E-state index in [1.807, 2.05) is 51.1 Å². The first-order valence-corrected chi connectivity index (χ1v) is 11.6. The molecule has 4 rings (SSSR count). The van der Waals surface area contributed by atoms with Crippen molar-refractivity contribution in [3.8, 4) is 5.75 Å². The molecule has 1 aliphatic heterocycles. The summed E-state index contributed by atoms with van der Waals surface area (Å²) < 4.78 is 5.36. The highest BCUT2D eigenvalue weighted by Crippen LogP contribution is 2.24. The molecule has 3 aromatic carbocycles. The largest absolute Gasteiger partial charge is 0.496 e. The molecule has 0 spiro atoms. The molecular weight excluding hydrogens is 455 g/mol. The Kier molecular flexibility index (Phi) is 6.85. The molecule has 8 nitrogen and oxygen atoms in total. The summed E-state index contributed by atoms with van der Waals surface area (Å²) in [6.45, 7) is 7.32. The van der Waals surface area contributed by atoms with E-state index < -0.39 is 18.5 Å². The topological polar surface area (TPSA) is 94.5 Å². The smallest absolute Gasteiger partial charge is 0.471 e. The van der Waals surface area contributed by atoms with Crippen LogP contribution in [-0.4, -0.2) is 47.8 Å². The van der Waals surface area contributed by atoms with E-state index in [1.54, 1.807) is 56.6 Å². The number of hydrazine groups is 1. The van der Waals surface area contributed by atoms with E-state index in [1.165, 1.54) is 9.93 Å². The van der Waals surface area contributed by atoms with Gasteiger partial charge < -0.3 is 9.76 Å². The van der Waals surface area contributed by atoms with E-state index in [0.717, 1.165) is 5.69 Å². The van der Waals surface area contributed by atoms with Crippen LogP contribution < -0.4 is 20.5 Å². The second-order valence-corrected chi connectivity index (χ2v) is 9.53. The van der Waals surface area contributed by atoms with Gasteiger partial charge in [0.2, 0.25) is 0 Å². The Labute approximate surface area is 211 Å². The standard InChI is InChI=1S/C27H29BN4O4/c1-18-22(12-9-13-24(18)36-5)26(34)31(27(2,3)4)30-25(33)19-14-15-20-17-29-32(28(35)23(20)16-19)21-10-7-6-8-11-21/h6-17,35H,1-5H3,(H,30,33). The number of hydrazone groups is 1. The van der Waals surface area contributed by atoms with E-state index in [9.17, 15) is 14.6 Å². The van der Waals surface area contributed by atoms with Crippen LogP contribution in [0.1, 0.15) is 52.6 Å². The molecule has 0 aromatic heterocycles. The summed E-state index contributed by atoms with van der Waals surface area (Å²) in [5.74, 6) is -0.232. The third kappa shape index (κ3) is 4.83. The lowest BCUT2D eigenvalue weighted by Crippen LogP contribution is -2.56. The maximum atomic E-state index is 13.5. The van der Waals surface area contributed by atoms with Gasteiger partial charge in [-0.2, -0.15) is 5.10 Å². The van der Waals surface area contributed by atoms with Gasteiger partial charge in [-0.25, -0.2) is 5.01 Å². The lowest BCUT2D eigenvalue weighted by molar-refractivity contribution is 0.0357. The van der Waals surface area contributed by atoms with Crippen molar-refractivity contribution in [2.24, 2.45) is 5.10 Å². The molecule has 0 bridgehead atoms. The lowest BCUT2D eigenvalue weighted by Gasteiger charge is -2.36. The number of hydrogen-bond donors (Lipinski definition) is 2. The Balaban J connectivity index is 1.62. The number of rotatable bonds is 4. The lowest BCUT2D eigenvalue weighted by atomic mass is 9.69. The molecule has 0 fully saturated rings. The molecule has 2 amide bonds. The molecule has 0 saturated carbocycles. The van der Waals surface area contributed by atoms with Crippen LogP contribution >= 0.6 is 0 Å². The van der Waals surface area contributed by atoms with Crippen LogP contribution in [0.4, 0.5) is 5.69 Å². The van der Waals surface area contributed by atoms with Gasteiger partial charge in [0.25, 0.3) is 11.8 Å². The van der Waals surface area contributed by atoms with Crippen molar-refractivity contribution in [3.63, 3.8) is 0 Å². The van der Waals surface area contributed by atoms with E-state index >= 15 is 0 Å². The first kappa shape index (κ1) is 25.0. The minimum absolute atomic E-state index is 0.306. The maximum Gasteiger partial charge on any atom is 0.471 e. The zero-order valence-corrected chi connectivity index (χ0v) is 21.0. The molecule has 0 saturated heterocycles. The number of para-hydroxylation sites is 1. The predicted molar refractivity (Wildman–Crippen MR) is 142 cm³/mol. The molecule has 1 heterocycles. The van der Waals surface area contributed by atoms with E-state index in [2.05, 4.69) is 10.5 Å². The number of carbonyl (C=O) groups is 2. The number of benzene rings is 3. The van der Waals surface area contributed by atoms with Crippen molar-refractivity contribution in [2.45, 2.75) is 33.2 Å². The summed E-state index contributed by atoms with van der Waals surface area (Å²) in [7, 11) is 0.480. The number of hydrogen-bond acceptors (Lipinski definition) is 6. The van der Waals surface area contributed by atoms with E-state index in [0.29, 0.717) is 33.5 Å². The van der Waals surface area contributed by atoms with Crippen molar-refractivity contribution < 1.29 is 19.3 Å². The summed E-state index contributed by atoms with van der Waals surface area (Å²) in [5, 5.41) is 16.7. The molecule has 1 aliphatic rings. The fourth-order valence-corrected chi connectivity index (χ4v) is 4.04. The molecule has 2 N–H and O–H groups in total. The fourth-order valence-electron chi connectivity index (χ4n) is 4.04. The van der Waals surface area contributed by atoms with Crippen LogP contribution in [0.2, 0.25) is 0 Å². The number of anilines is 1. The molecule has 3 aromatic rings. The number of nitrogens with zero attached hydrogens (tertiary/aromatic N) is 3. The molecule has 0 radical (unpaired) electrons. The zero-order valence-electron chi connectivity index (χ0n) is 21.0. The van der Waals surface area contributed by atoms with Crippen molar-refractivity contribution >= 4 is 36.2 Å². The van der Waals surface area contributed by atoms with Gasteiger partial charge in [0.1, 0.15) is 5.75 Å². The van der Waals surface area contributed by atoms with Crippen LogP contribution in [0.25, 0.3) is 0 Å². The molecule has 9 heteroatoms. The second-order valence-electron chi connectivity index (χ2n) is 9.53. The number of ether oxygens (including phenoxy) is 1. The van der Waals surface area contributed by atoms with Crippen molar-refractivity contribution in [2.75, 3.05) is 12.0 Å². The number of amides is 2. The Bertz CT molecular complexity index is 1320. The molecule has 36 heavy (non-hydrogen) atoms. The summed E-state index contributed by atoms with van der Waals surface area (Å²) in [5.41, 5.74) is 5.46. The van der Waals surface area contributed by atoms with Crippen LogP contribution in [0, 0.1) is 6.92 Å². The average Bonchev–Trinajstić information content (AvgIpc) is 2.87. The van der Waals surface area contributed by atoms with E-state index in [-0.39, 0.29) is 5.91 Å². The highest BCUT2D eigenvalue weighted by Gasteiger charge is 2.33. The summed E-state index contributed by atoms with van der Waals surface area (Å²) in [6, 6.07) is 19.5. The Hall–Kier alpha value is -4.11. The number of carbonyl (C=O) groups excluding carboxylic acids is 2. The van der Waals surface area contributed by atoms with Gasteiger partial charge in [-0.3, -0.25) is 19.9 Å². The molecule has 0 atom stereocenters.